The van der Waals surface area contributed by atoms with Gasteiger partial charge < -0.3 is 9.84 Å². The van der Waals surface area contributed by atoms with E-state index in [4.69, 9.17) is 4.74 Å². The third-order valence-electron chi connectivity index (χ3n) is 2.18. The van der Waals surface area contributed by atoms with Crippen molar-refractivity contribution in [2.24, 2.45) is 0 Å². The molecule has 0 amide bonds. The van der Waals surface area contributed by atoms with E-state index in [1.54, 1.807) is 19.5 Å². The molecule has 0 spiro atoms. The van der Waals surface area contributed by atoms with Crippen LogP contribution < -0.4 is 0 Å². The summed E-state index contributed by atoms with van der Waals surface area (Å²) in [5, 5.41) is 10.00. The fraction of sp³-hybridized carbons (Fsp3) is 0.545. The maximum Gasteiger partial charge on any atom is 0.0681 e. The smallest absolute Gasteiger partial charge is 0.0681 e. The van der Waals surface area contributed by atoms with E-state index >= 15 is 0 Å². The highest BCUT2D eigenvalue weighted by Gasteiger charge is 2.20. The predicted octanol–water partition coefficient (Wildman–Crippen LogP) is 1.41. The van der Waals surface area contributed by atoms with Crippen molar-refractivity contribution < 1.29 is 9.84 Å². The molecule has 0 saturated heterocycles. The Bertz CT molecular complexity index is 259. The molecular formula is C11H17NO2. The highest BCUT2D eigenvalue weighted by atomic mass is 16.5. The van der Waals surface area contributed by atoms with Crippen molar-refractivity contribution >= 4 is 0 Å². The van der Waals surface area contributed by atoms with Gasteiger partial charge in [0.1, 0.15) is 0 Å². The molecule has 0 fully saturated rings. The number of pyridine rings is 1. The Labute approximate surface area is 84.7 Å². The number of hydrogen-bond donors (Lipinski definition) is 1. The molecule has 14 heavy (non-hydrogen) atoms. The average Bonchev–Trinajstić information content (AvgIpc) is 2.16. The maximum absolute atomic E-state index is 10.00. The first-order valence-electron chi connectivity index (χ1n) is 4.74. The number of aliphatic hydroxyl groups is 1. The molecule has 1 N–H and O–H groups in total. The predicted molar refractivity (Wildman–Crippen MR) is 55.1 cm³/mol. The SMILES string of the molecule is COCCC(C)(O)Cc1ccncc1. The summed E-state index contributed by atoms with van der Waals surface area (Å²) in [5.74, 6) is 0. The molecule has 0 radical (unpaired) electrons. The third-order valence-corrected chi connectivity index (χ3v) is 2.18. The van der Waals surface area contributed by atoms with E-state index in [9.17, 15) is 5.11 Å². The molecule has 1 atom stereocenters. The molecule has 3 heteroatoms. The molecule has 1 unspecified atom stereocenters. The molecule has 0 saturated carbocycles. The van der Waals surface area contributed by atoms with E-state index < -0.39 is 5.60 Å². The minimum Gasteiger partial charge on any atom is -0.390 e. The summed E-state index contributed by atoms with van der Waals surface area (Å²) in [4.78, 5) is 3.93. The summed E-state index contributed by atoms with van der Waals surface area (Å²) in [7, 11) is 1.64. The van der Waals surface area contributed by atoms with Gasteiger partial charge in [0.25, 0.3) is 0 Å². The van der Waals surface area contributed by atoms with Gasteiger partial charge in [0.05, 0.1) is 5.60 Å². The van der Waals surface area contributed by atoms with Gasteiger partial charge in [-0.2, -0.15) is 0 Å². The summed E-state index contributed by atoms with van der Waals surface area (Å²) >= 11 is 0. The van der Waals surface area contributed by atoms with Crippen LogP contribution in [0.4, 0.5) is 0 Å². The summed E-state index contributed by atoms with van der Waals surface area (Å²) in [5.41, 5.74) is 0.401. The lowest BCUT2D eigenvalue weighted by molar-refractivity contribution is 0.0249. The lowest BCUT2D eigenvalue weighted by Gasteiger charge is -2.22. The van der Waals surface area contributed by atoms with Crippen LogP contribution in [0.15, 0.2) is 24.5 Å². The third kappa shape index (κ3) is 3.85. The van der Waals surface area contributed by atoms with Crippen molar-refractivity contribution in [3.8, 4) is 0 Å². The van der Waals surface area contributed by atoms with Crippen molar-refractivity contribution in [2.45, 2.75) is 25.4 Å². The van der Waals surface area contributed by atoms with Crippen LogP contribution >= 0.6 is 0 Å². The number of methoxy groups -OCH3 is 1. The Hall–Kier alpha value is -0.930. The first-order chi connectivity index (χ1) is 6.64. The van der Waals surface area contributed by atoms with E-state index in [1.165, 1.54) is 0 Å². The molecule has 0 aliphatic rings. The van der Waals surface area contributed by atoms with Crippen molar-refractivity contribution in [2.75, 3.05) is 13.7 Å². The lowest BCUT2D eigenvalue weighted by Crippen LogP contribution is -2.28. The second-order valence-electron chi connectivity index (χ2n) is 3.77. The zero-order chi connectivity index (χ0) is 10.4. The Morgan fingerprint density at radius 3 is 2.64 bits per heavy atom. The van der Waals surface area contributed by atoms with E-state index in [0.29, 0.717) is 19.4 Å². The number of ether oxygens (including phenoxy) is 1. The van der Waals surface area contributed by atoms with Crippen LogP contribution in [0.5, 0.6) is 0 Å². The first kappa shape index (κ1) is 11.1. The summed E-state index contributed by atoms with van der Waals surface area (Å²) < 4.78 is 4.94. The molecule has 0 bridgehead atoms. The second kappa shape index (κ2) is 5.08. The van der Waals surface area contributed by atoms with Crippen molar-refractivity contribution in [3.05, 3.63) is 30.1 Å². The van der Waals surface area contributed by atoms with Crippen molar-refractivity contribution in [1.29, 1.82) is 0 Å². The number of aromatic nitrogens is 1. The van der Waals surface area contributed by atoms with Crippen LogP contribution in [0.3, 0.4) is 0 Å². The molecule has 0 aromatic carbocycles. The molecule has 1 aromatic rings. The summed E-state index contributed by atoms with van der Waals surface area (Å²) in [6.07, 6.45) is 4.76. The summed E-state index contributed by atoms with van der Waals surface area (Å²) in [6.45, 7) is 2.41. The van der Waals surface area contributed by atoms with Crippen LogP contribution in [0.1, 0.15) is 18.9 Å². The van der Waals surface area contributed by atoms with Crippen LogP contribution in [-0.2, 0) is 11.2 Å². The maximum atomic E-state index is 10.00. The van der Waals surface area contributed by atoms with Crippen LogP contribution in [0.25, 0.3) is 0 Å². The van der Waals surface area contributed by atoms with Gasteiger partial charge in [-0.15, -0.1) is 0 Å². The van der Waals surface area contributed by atoms with Crippen LogP contribution in [-0.4, -0.2) is 29.4 Å². The first-order valence-corrected chi connectivity index (χ1v) is 4.74. The van der Waals surface area contributed by atoms with E-state index in [0.717, 1.165) is 5.56 Å². The largest absolute Gasteiger partial charge is 0.390 e. The molecule has 78 valence electrons. The second-order valence-corrected chi connectivity index (χ2v) is 3.77. The Balaban J connectivity index is 2.50. The minimum absolute atomic E-state index is 0.581. The van der Waals surface area contributed by atoms with E-state index in [1.807, 2.05) is 19.1 Å². The number of hydrogen-bond acceptors (Lipinski definition) is 3. The lowest BCUT2D eigenvalue weighted by atomic mass is 9.94. The highest BCUT2D eigenvalue weighted by Crippen LogP contribution is 2.16. The molecular weight excluding hydrogens is 178 g/mol. The minimum atomic E-state index is -0.697. The van der Waals surface area contributed by atoms with Gasteiger partial charge >= 0.3 is 0 Å². The average molecular weight is 195 g/mol. The van der Waals surface area contributed by atoms with E-state index in [2.05, 4.69) is 4.98 Å². The molecule has 1 heterocycles. The topological polar surface area (TPSA) is 42.4 Å². The molecule has 1 rings (SSSR count). The summed E-state index contributed by atoms with van der Waals surface area (Å²) in [6, 6.07) is 3.84. The Kier molecular flexibility index (Phi) is 4.04. The van der Waals surface area contributed by atoms with Crippen LogP contribution in [0, 0.1) is 0 Å². The number of nitrogens with zero attached hydrogens (tertiary/aromatic N) is 1. The fourth-order valence-corrected chi connectivity index (χ4v) is 1.35. The van der Waals surface area contributed by atoms with Crippen molar-refractivity contribution in [3.63, 3.8) is 0 Å². The van der Waals surface area contributed by atoms with Crippen LogP contribution in [0.2, 0.25) is 0 Å². The van der Waals surface area contributed by atoms with Gasteiger partial charge in [-0.05, 0) is 31.0 Å². The van der Waals surface area contributed by atoms with Crippen molar-refractivity contribution in [1.82, 2.24) is 4.98 Å². The van der Waals surface area contributed by atoms with Gasteiger partial charge in [-0.25, -0.2) is 0 Å². The standard InChI is InChI=1S/C11H17NO2/c1-11(13,5-8-14-2)9-10-3-6-12-7-4-10/h3-4,6-7,13H,5,8-9H2,1-2H3. The number of rotatable bonds is 5. The van der Waals surface area contributed by atoms with Gasteiger partial charge in [0, 0.05) is 32.5 Å². The molecule has 3 nitrogen and oxygen atoms in total. The zero-order valence-electron chi connectivity index (χ0n) is 8.73. The van der Waals surface area contributed by atoms with E-state index in [-0.39, 0.29) is 0 Å². The highest BCUT2D eigenvalue weighted by molar-refractivity contribution is 5.12. The Morgan fingerprint density at radius 1 is 1.43 bits per heavy atom. The molecule has 1 aromatic heterocycles. The Morgan fingerprint density at radius 2 is 2.07 bits per heavy atom. The normalized spacial score (nSPS) is 15.1. The van der Waals surface area contributed by atoms with Gasteiger partial charge in [-0.1, -0.05) is 0 Å². The fourth-order valence-electron chi connectivity index (χ4n) is 1.35. The zero-order valence-corrected chi connectivity index (χ0v) is 8.73. The molecule has 0 aliphatic heterocycles. The monoisotopic (exact) mass is 195 g/mol. The molecule has 0 aliphatic carbocycles. The van der Waals surface area contributed by atoms with Gasteiger partial charge in [0.15, 0.2) is 0 Å². The van der Waals surface area contributed by atoms with Gasteiger partial charge in [0.2, 0.25) is 0 Å². The van der Waals surface area contributed by atoms with Gasteiger partial charge in [-0.3, -0.25) is 4.98 Å². The quantitative estimate of drug-likeness (QED) is 0.772.